The second-order valence-electron chi connectivity index (χ2n) is 4.98. The molecule has 94 valence electrons. The number of hydrogen-bond donors (Lipinski definition) is 1. The van der Waals surface area contributed by atoms with Crippen molar-refractivity contribution in [3.8, 4) is 0 Å². The second kappa shape index (κ2) is 5.15. The fraction of sp³-hybridized carbons (Fsp3) is 0.538. The number of aliphatic hydroxyl groups is 1. The van der Waals surface area contributed by atoms with Gasteiger partial charge in [-0.25, -0.2) is 0 Å². The molecule has 1 aromatic carbocycles. The van der Waals surface area contributed by atoms with Crippen molar-refractivity contribution in [2.45, 2.75) is 24.9 Å². The molecule has 1 atom stereocenters. The van der Waals surface area contributed by atoms with Crippen LogP contribution in [0.1, 0.15) is 18.4 Å². The lowest BCUT2D eigenvalue weighted by Crippen LogP contribution is -2.47. The summed E-state index contributed by atoms with van der Waals surface area (Å²) in [5.74, 6) is 0. The average molecular weight is 274 g/mol. The van der Waals surface area contributed by atoms with Gasteiger partial charge in [-0.05, 0) is 44.1 Å². The van der Waals surface area contributed by atoms with Gasteiger partial charge in [-0.1, -0.05) is 29.3 Å². The molecule has 1 saturated heterocycles. The van der Waals surface area contributed by atoms with Crippen LogP contribution in [0.4, 0.5) is 0 Å². The molecule has 1 heterocycles. The molecule has 1 aromatic rings. The van der Waals surface area contributed by atoms with Gasteiger partial charge in [-0.2, -0.15) is 0 Å². The highest BCUT2D eigenvalue weighted by Gasteiger charge is 2.32. The van der Waals surface area contributed by atoms with E-state index in [1.165, 1.54) is 0 Å². The van der Waals surface area contributed by atoms with Crippen molar-refractivity contribution in [2.24, 2.45) is 0 Å². The summed E-state index contributed by atoms with van der Waals surface area (Å²) in [6, 6.07) is 5.45. The number of halogens is 2. The molecular weight excluding hydrogens is 257 g/mol. The van der Waals surface area contributed by atoms with E-state index in [1.807, 2.05) is 19.2 Å². The highest BCUT2D eigenvalue weighted by molar-refractivity contribution is 6.35. The Balaban J connectivity index is 2.14. The highest BCUT2D eigenvalue weighted by atomic mass is 35.5. The molecule has 0 aromatic heterocycles. The molecule has 0 aliphatic carbocycles. The topological polar surface area (TPSA) is 23.5 Å². The van der Waals surface area contributed by atoms with Crippen LogP contribution in [0.25, 0.3) is 0 Å². The molecule has 17 heavy (non-hydrogen) atoms. The standard InChI is InChI=1S/C13H17Cl2NO/c1-16-6-2-5-13(17,9-16)8-10-3-4-11(14)7-12(10)15/h3-4,7,17H,2,5-6,8-9H2,1H3. The van der Waals surface area contributed by atoms with Gasteiger partial charge in [-0.3, -0.25) is 0 Å². The van der Waals surface area contributed by atoms with E-state index in [1.54, 1.807) is 6.07 Å². The zero-order valence-electron chi connectivity index (χ0n) is 9.92. The summed E-state index contributed by atoms with van der Waals surface area (Å²) >= 11 is 12.0. The summed E-state index contributed by atoms with van der Waals surface area (Å²) in [5.41, 5.74) is 0.304. The van der Waals surface area contributed by atoms with Crippen molar-refractivity contribution in [1.29, 1.82) is 0 Å². The molecule has 1 aliphatic rings. The van der Waals surface area contributed by atoms with Gasteiger partial charge in [0.1, 0.15) is 0 Å². The molecule has 1 aliphatic heterocycles. The number of likely N-dealkylation sites (tertiary alicyclic amines) is 1. The predicted molar refractivity (Wildman–Crippen MR) is 71.8 cm³/mol. The van der Waals surface area contributed by atoms with Crippen molar-refractivity contribution in [1.82, 2.24) is 4.90 Å². The highest BCUT2D eigenvalue weighted by Crippen LogP contribution is 2.29. The molecule has 1 N–H and O–H groups in total. The van der Waals surface area contributed by atoms with E-state index in [4.69, 9.17) is 23.2 Å². The number of piperidine rings is 1. The predicted octanol–water partition coefficient (Wildman–Crippen LogP) is 2.99. The van der Waals surface area contributed by atoms with E-state index in [0.717, 1.165) is 24.9 Å². The minimum Gasteiger partial charge on any atom is -0.388 e. The number of β-amino-alcohol motifs (C(OH)–C–C–N with tert-alkyl or cyclic N) is 1. The Bertz CT molecular complexity index is 410. The Kier molecular flexibility index (Phi) is 3.99. The van der Waals surface area contributed by atoms with Crippen LogP contribution in [0.5, 0.6) is 0 Å². The second-order valence-corrected chi connectivity index (χ2v) is 5.82. The zero-order chi connectivity index (χ0) is 12.5. The molecular formula is C13H17Cl2NO. The first-order chi connectivity index (χ1) is 7.98. The minimum atomic E-state index is -0.662. The molecule has 0 saturated carbocycles. The molecule has 1 unspecified atom stereocenters. The van der Waals surface area contributed by atoms with Gasteiger partial charge in [0, 0.05) is 23.0 Å². The van der Waals surface area contributed by atoms with E-state index >= 15 is 0 Å². The Morgan fingerprint density at radius 2 is 2.18 bits per heavy atom. The SMILES string of the molecule is CN1CCCC(O)(Cc2ccc(Cl)cc2Cl)C1. The maximum absolute atomic E-state index is 10.6. The van der Waals surface area contributed by atoms with Gasteiger partial charge in [0.05, 0.1) is 5.60 Å². The number of likely N-dealkylation sites (N-methyl/N-ethyl adjacent to an activating group) is 1. The summed E-state index contributed by atoms with van der Waals surface area (Å²) in [5, 5.41) is 11.8. The summed E-state index contributed by atoms with van der Waals surface area (Å²) in [7, 11) is 2.04. The molecule has 0 radical (unpaired) electrons. The molecule has 2 nitrogen and oxygen atoms in total. The maximum Gasteiger partial charge on any atom is 0.0815 e. The lowest BCUT2D eigenvalue weighted by molar-refractivity contribution is -0.0223. The molecule has 2 rings (SSSR count). The van der Waals surface area contributed by atoms with E-state index in [9.17, 15) is 5.11 Å². The van der Waals surface area contributed by atoms with Gasteiger partial charge < -0.3 is 10.0 Å². The van der Waals surface area contributed by atoms with Crippen LogP contribution in [-0.4, -0.2) is 35.7 Å². The number of nitrogens with zero attached hydrogens (tertiary/aromatic N) is 1. The fourth-order valence-electron chi connectivity index (χ4n) is 2.50. The van der Waals surface area contributed by atoms with Crippen LogP contribution in [-0.2, 0) is 6.42 Å². The first-order valence-corrected chi connectivity index (χ1v) is 6.59. The molecule has 0 spiro atoms. The van der Waals surface area contributed by atoms with Crippen molar-refractivity contribution in [3.63, 3.8) is 0 Å². The van der Waals surface area contributed by atoms with Crippen LogP contribution < -0.4 is 0 Å². The zero-order valence-corrected chi connectivity index (χ0v) is 11.4. The summed E-state index contributed by atoms with van der Waals surface area (Å²) < 4.78 is 0. The van der Waals surface area contributed by atoms with Crippen molar-refractivity contribution in [3.05, 3.63) is 33.8 Å². The van der Waals surface area contributed by atoms with Crippen LogP contribution in [0, 0.1) is 0 Å². The molecule has 1 fully saturated rings. The van der Waals surface area contributed by atoms with E-state index in [0.29, 0.717) is 23.0 Å². The van der Waals surface area contributed by atoms with Crippen molar-refractivity contribution in [2.75, 3.05) is 20.1 Å². The quantitative estimate of drug-likeness (QED) is 0.896. The Labute approximate surface area is 112 Å². The van der Waals surface area contributed by atoms with Crippen molar-refractivity contribution < 1.29 is 5.11 Å². The molecule has 4 heteroatoms. The van der Waals surface area contributed by atoms with Gasteiger partial charge >= 0.3 is 0 Å². The summed E-state index contributed by atoms with van der Waals surface area (Å²) in [6.45, 7) is 1.75. The largest absolute Gasteiger partial charge is 0.388 e. The van der Waals surface area contributed by atoms with Crippen LogP contribution in [0.15, 0.2) is 18.2 Å². The van der Waals surface area contributed by atoms with Crippen LogP contribution >= 0.6 is 23.2 Å². The lowest BCUT2D eigenvalue weighted by Gasteiger charge is -2.37. The van der Waals surface area contributed by atoms with Gasteiger partial charge in [0.2, 0.25) is 0 Å². The Morgan fingerprint density at radius 1 is 1.41 bits per heavy atom. The van der Waals surface area contributed by atoms with Gasteiger partial charge in [0.15, 0.2) is 0 Å². The summed E-state index contributed by atoms with van der Waals surface area (Å²) in [6.07, 6.45) is 2.45. The van der Waals surface area contributed by atoms with Crippen LogP contribution in [0.2, 0.25) is 10.0 Å². The van der Waals surface area contributed by atoms with E-state index in [2.05, 4.69) is 4.90 Å². The molecule has 0 bridgehead atoms. The third kappa shape index (κ3) is 3.35. The van der Waals surface area contributed by atoms with Crippen LogP contribution in [0.3, 0.4) is 0 Å². The third-order valence-electron chi connectivity index (χ3n) is 3.28. The van der Waals surface area contributed by atoms with E-state index < -0.39 is 5.60 Å². The lowest BCUT2D eigenvalue weighted by atomic mass is 9.87. The number of hydrogen-bond acceptors (Lipinski definition) is 2. The number of rotatable bonds is 2. The third-order valence-corrected chi connectivity index (χ3v) is 3.87. The smallest absolute Gasteiger partial charge is 0.0815 e. The van der Waals surface area contributed by atoms with Crippen molar-refractivity contribution >= 4 is 23.2 Å². The first kappa shape index (κ1) is 13.2. The minimum absolute atomic E-state index is 0.591. The van der Waals surface area contributed by atoms with Gasteiger partial charge in [-0.15, -0.1) is 0 Å². The maximum atomic E-state index is 10.6. The fourth-order valence-corrected chi connectivity index (χ4v) is 2.98. The monoisotopic (exact) mass is 273 g/mol. The Hall–Kier alpha value is -0.280. The normalized spacial score (nSPS) is 26.1. The molecule has 0 amide bonds. The average Bonchev–Trinajstić information content (AvgIpc) is 2.22. The number of benzene rings is 1. The Morgan fingerprint density at radius 3 is 2.82 bits per heavy atom. The first-order valence-electron chi connectivity index (χ1n) is 5.83. The van der Waals surface area contributed by atoms with Gasteiger partial charge in [0.25, 0.3) is 0 Å². The summed E-state index contributed by atoms with van der Waals surface area (Å²) in [4.78, 5) is 2.16. The van der Waals surface area contributed by atoms with E-state index in [-0.39, 0.29) is 0 Å².